The molecule has 24 heavy (non-hydrogen) atoms. The number of nitrogens with zero attached hydrogens (tertiary/aromatic N) is 3. The van der Waals surface area contributed by atoms with Gasteiger partial charge < -0.3 is 9.67 Å². The van der Waals surface area contributed by atoms with Crippen molar-refractivity contribution in [1.29, 1.82) is 0 Å². The third kappa shape index (κ3) is 4.43. The first kappa shape index (κ1) is 18.2. The SMILES string of the molecule is CCCCc1nc(Cl)c(C=CCO)n1Cc1ccc([N+](=O)[O-])cc1. The molecule has 7 heteroatoms. The summed E-state index contributed by atoms with van der Waals surface area (Å²) in [5.74, 6) is 0.873. The van der Waals surface area contributed by atoms with E-state index >= 15 is 0 Å². The van der Waals surface area contributed by atoms with Gasteiger partial charge in [0.1, 0.15) is 5.82 Å². The molecule has 1 aromatic carbocycles. The Bertz CT molecular complexity index is 723. The zero-order valence-corrected chi connectivity index (χ0v) is 14.2. The van der Waals surface area contributed by atoms with Gasteiger partial charge in [-0.05, 0) is 18.1 Å². The van der Waals surface area contributed by atoms with E-state index in [-0.39, 0.29) is 12.3 Å². The number of nitro benzene ring substituents is 1. The molecule has 1 heterocycles. The second kappa shape index (κ2) is 8.61. The number of aromatic nitrogens is 2. The lowest BCUT2D eigenvalue weighted by Gasteiger charge is -2.10. The summed E-state index contributed by atoms with van der Waals surface area (Å²) in [5.41, 5.74) is 1.72. The van der Waals surface area contributed by atoms with Crippen molar-refractivity contribution >= 4 is 23.4 Å². The van der Waals surface area contributed by atoms with E-state index in [0.29, 0.717) is 11.7 Å². The number of nitro groups is 1. The molecule has 0 amide bonds. The lowest BCUT2D eigenvalue weighted by atomic mass is 10.2. The summed E-state index contributed by atoms with van der Waals surface area (Å²) in [6, 6.07) is 6.44. The molecular formula is C17H20ClN3O3. The number of hydrogen-bond acceptors (Lipinski definition) is 4. The molecule has 0 unspecified atom stereocenters. The molecule has 0 fully saturated rings. The molecule has 0 bridgehead atoms. The van der Waals surface area contributed by atoms with Crippen LogP contribution in [0.1, 0.15) is 36.8 Å². The van der Waals surface area contributed by atoms with Gasteiger partial charge in [-0.1, -0.05) is 43.2 Å². The van der Waals surface area contributed by atoms with Gasteiger partial charge in [0, 0.05) is 25.1 Å². The summed E-state index contributed by atoms with van der Waals surface area (Å²) in [4.78, 5) is 14.8. The third-order valence-electron chi connectivity index (χ3n) is 3.66. The molecule has 2 aromatic rings. The number of halogens is 1. The predicted octanol–water partition coefficient (Wildman–Crippen LogP) is 3.84. The van der Waals surface area contributed by atoms with Crippen molar-refractivity contribution in [3.63, 3.8) is 0 Å². The number of unbranched alkanes of at least 4 members (excludes halogenated alkanes) is 1. The van der Waals surface area contributed by atoms with Crippen molar-refractivity contribution in [1.82, 2.24) is 9.55 Å². The fourth-order valence-corrected chi connectivity index (χ4v) is 2.67. The van der Waals surface area contributed by atoms with E-state index in [2.05, 4.69) is 11.9 Å². The van der Waals surface area contributed by atoms with Gasteiger partial charge >= 0.3 is 0 Å². The number of aryl methyl sites for hydroxylation is 1. The average molecular weight is 350 g/mol. The average Bonchev–Trinajstić information content (AvgIpc) is 2.86. The molecule has 0 radical (unpaired) electrons. The molecule has 0 saturated heterocycles. The summed E-state index contributed by atoms with van der Waals surface area (Å²) in [7, 11) is 0. The number of hydrogen-bond donors (Lipinski definition) is 1. The fraction of sp³-hybridized carbons (Fsp3) is 0.353. The van der Waals surface area contributed by atoms with E-state index in [9.17, 15) is 10.1 Å². The Balaban J connectivity index is 2.34. The lowest BCUT2D eigenvalue weighted by Crippen LogP contribution is -2.07. The van der Waals surface area contributed by atoms with E-state index in [1.165, 1.54) is 12.1 Å². The minimum atomic E-state index is -0.417. The van der Waals surface area contributed by atoms with Crippen molar-refractivity contribution in [2.24, 2.45) is 0 Å². The Labute approximate surface area is 145 Å². The first-order valence-electron chi connectivity index (χ1n) is 7.82. The van der Waals surface area contributed by atoms with E-state index in [1.54, 1.807) is 24.3 Å². The number of imidazole rings is 1. The quantitative estimate of drug-likeness (QED) is 0.580. The van der Waals surface area contributed by atoms with Crippen LogP contribution >= 0.6 is 11.6 Å². The van der Waals surface area contributed by atoms with Crippen LogP contribution in [-0.4, -0.2) is 26.2 Å². The molecule has 1 aromatic heterocycles. The van der Waals surface area contributed by atoms with Gasteiger partial charge in [0.2, 0.25) is 0 Å². The third-order valence-corrected chi connectivity index (χ3v) is 3.94. The molecule has 2 rings (SSSR count). The monoisotopic (exact) mass is 349 g/mol. The minimum absolute atomic E-state index is 0.0639. The van der Waals surface area contributed by atoms with Crippen molar-refractivity contribution in [2.45, 2.75) is 32.7 Å². The van der Waals surface area contributed by atoms with Crippen LogP contribution in [0.2, 0.25) is 5.15 Å². The predicted molar refractivity (Wildman–Crippen MR) is 94.2 cm³/mol. The largest absolute Gasteiger partial charge is 0.392 e. The summed E-state index contributed by atoms with van der Waals surface area (Å²) in [6.07, 6.45) is 6.20. The first-order valence-corrected chi connectivity index (χ1v) is 8.20. The van der Waals surface area contributed by atoms with Gasteiger partial charge in [0.05, 0.1) is 17.2 Å². The zero-order valence-electron chi connectivity index (χ0n) is 13.5. The zero-order chi connectivity index (χ0) is 17.5. The first-order chi connectivity index (χ1) is 11.6. The van der Waals surface area contributed by atoms with Gasteiger partial charge in [-0.2, -0.15) is 0 Å². The smallest absolute Gasteiger partial charge is 0.269 e. The molecule has 6 nitrogen and oxygen atoms in total. The van der Waals surface area contributed by atoms with Gasteiger partial charge in [-0.15, -0.1) is 0 Å². The highest BCUT2D eigenvalue weighted by atomic mass is 35.5. The van der Waals surface area contributed by atoms with Gasteiger partial charge in [-0.3, -0.25) is 10.1 Å². The number of non-ortho nitro benzene ring substituents is 1. The van der Waals surface area contributed by atoms with Crippen LogP contribution in [-0.2, 0) is 13.0 Å². The van der Waals surface area contributed by atoms with Crippen LogP contribution in [0.4, 0.5) is 5.69 Å². The molecule has 0 aliphatic rings. The highest BCUT2D eigenvalue weighted by Gasteiger charge is 2.14. The molecule has 0 aliphatic heterocycles. The molecule has 0 spiro atoms. The van der Waals surface area contributed by atoms with Gasteiger partial charge in [0.15, 0.2) is 5.15 Å². The van der Waals surface area contributed by atoms with Crippen LogP contribution < -0.4 is 0 Å². The molecule has 128 valence electrons. The van der Waals surface area contributed by atoms with Crippen LogP contribution in [0.3, 0.4) is 0 Å². The Morgan fingerprint density at radius 3 is 2.67 bits per heavy atom. The summed E-state index contributed by atoms with van der Waals surface area (Å²) in [5, 5.41) is 20.2. The summed E-state index contributed by atoms with van der Waals surface area (Å²) in [6.45, 7) is 2.54. The number of aliphatic hydroxyl groups is 1. The molecule has 0 saturated carbocycles. The number of rotatable bonds is 8. The Kier molecular flexibility index (Phi) is 6.52. The van der Waals surface area contributed by atoms with Crippen LogP contribution in [0.5, 0.6) is 0 Å². The maximum absolute atomic E-state index is 10.8. The normalized spacial score (nSPS) is 11.3. The van der Waals surface area contributed by atoms with E-state index in [1.807, 2.05) is 4.57 Å². The molecular weight excluding hydrogens is 330 g/mol. The highest BCUT2D eigenvalue weighted by Crippen LogP contribution is 2.23. The Hall–Kier alpha value is -2.18. The Morgan fingerprint density at radius 1 is 1.38 bits per heavy atom. The standard InChI is InChI=1S/C17H20ClN3O3/c1-2-3-6-16-19-17(18)15(5-4-11-22)20(16)12-13-7-9-14(10-8-13)21(23)24/h4-5,7-10,22H,2-3,6,11-12H2,1H3. The van der Waals surface area contributed by atoms with E-state index in [4.69, 9.17) is 16.7 Å². The van der Waals surface area contributed by atoms with Crippen molar-refractivity contribution in [3.05, 3.63) is 62.7 Å². The maximum Gasteiger partial charge on any atom is 0.269 e. The number of aliphatic hydroxyl groups excluding tert-OH is 1. The highest BCUT2D eigenvalue weighted by molar-refractivity contribution is 6.30. The number of benzene rings is 1. The van der Waals surface area contributed by atoms with Gasteiger partial charge in [0.25, 0.3) is 5.69 Å². The van der Waals surface area contributed by atoms with Crippen molar-refractivity contribution < 1.29 is 10.0 Å². The minimum Gasteiger partial charge on any atom is -0.392 e. The summed E-state index contributed by atoms with van der Waals surface area (Å²) < 4.78 is 1.99. The second-order valence-electron chi connectivity index (χ2n) is 5.40. The molecule has 0 aliphatic carbocycles. The van der Waals surface area contributed by atoms with Crippen LogP contribution in [0.15, 0.2) is 30.3 Å². The maximum atomic E-state index is 10.8. The van der Waals surface area contributed by atoms with E-state index < -0.39 is 4.92 Å². The molecule has 0 atom stereocenters. The molecule has 1 N–H and O–H groups in total. The van der Waals surface area contributed by atoms with Crippen LogP contribution in [0, 0.1) is 10.1 Å². The summed E-state index contributed by atoms with van der Waals surface area (Å²) >= 11 is 6.24. The van der Waals surface area contributed by atoms with Crippen molar-refractivity contribution in [2.75, 3.05) is 6.61 Å². The lowest BCUT2D eigenvalue weighted by molar-refractivity contribution is -0.384. The van der Waals surface area contributed by atoms with Gasteiger partial charge in [-0.25, -0.2) is 4.98 Å². The fourth-order valence-electron chi connectivity index (χ4n) is 2.41. The van der Waals surface area contributed by atoms with E-state index in [0.717, 1.165) is 36.3 Å². The van der Waals surface area contributed by atoms with Crippen molar-refractivity contribution in [3.8, 4) is 0 Å². The van der Waals surface area contributed by atoms with Crippen LogP contribution in [0.25, 0.3) is 6.08 Å². The second-order valence-corrected chi connectivity index (χ2v) is 5.76. The topological polar surface area (TPSA) is 81.2 Å². The Morgan fingerprint density at radius 2 is 2.08 bits per heavy atom.